The van der Waals surface area contributed by atoms with Crippen LogP contribution >= 0.6 is 22.6 Å². The van der Waals surface area contributed by atoms with E-state index < -0.39 is 0 Å². The Morgan fingerprint density at radius 2 is 1.36 bits per heavy atom. The van der Waals surface area contributed by atoms with Gasteiger partial charge in [-0.3, -0.25) is 0 Å². The quantitative estimate of drug-likeness (QED) is 0.468. The summed E-state index contributed by atoms with van der Waals surface area (Å²) >= 11 is 2.88. The number of halogens is 1. The van der Waals surface area contributed by atoms with Crippen LogP contribution in [0.3, 0.4) is 0 Å². The summed E-state index contributed by atoms with van der Waals surface area (Å²) in [6, 6.07) is 0. The van der Waals surface area contributed by atoms with Crippen molar-refractivity contribution in [2.45, 2.75) is 48.9 Å². The van der Waals surface area contributed by atoms with Crippen LogP contribution in [0.5, 0.6) is 0 Å². The van der Waals surface area contributed by atoms with Crippen molar-refractivity contribution >= 4 is 22.6 Å². The van der Waals surface area contributed by atoms with Gasteiger partial charge in [0, 0.05) is 3.42 Å². The molecule has 0 bridgehead atoms. The lowest BCUT2D eigenvalue weighted by molar-refractivity contribution is -0.208. The predicted octanol–water partition coefficient (Wildman–Crippen LogP) is 4.03. The summed E-state index contributed by atoms with van der Waals surface area (Å²) in [5.41, 5.74) is 0.788. The zero-order valence-corrected chi connectivity index (χ0v) is 11.1. The van der Waals surface area contributed by atoms with Gasteiger partial charge in [-0.05, 0) is 54.8 Å². The zero-order chi connectivity index (χ0) is 9.55. The summed E-state index contributed by atoms with van der Waals surface area (Å²) in [6.45, 7) is 2.64. The SMILES string of the molecule is CC12C3CCCCC1C1CCC3C12I. The van der Waals surface area contributed by atoms with Crippen LogP contribution in [0.2, 0.25) is 0 Å². The molecule has 0 N–H and O–H groups in total. The fourth-order valence-corrected chi connectivity index (χ4v) is 8.35. The number of hydrogen-bond acceptors (Lipinski definition) is 0. The lowest BCUT2D eigenvalue weighted by atomic mass is 9.32. The van der Waals surface area contributed by atoms with E-state index in [4.69, 9.17) is 0 Å². The molecule has 0 heterocycles. The van der Waals surface area contributed by atoms with Crippen LogP contribution in [-0.2, 0) is 0 Å². The summed E-state index contributed by atoms with van der Waals surface area (Å²) in [5, 5.41) is 0. The molecule has 0 aromatic carbocycles. The zero-order valence-electron chi connectivity index (χ0n) is 8.93. The molecule has 1 heteroatoms. The Balaban J connectivity index is 1.83. The third-order valence-electron chi connectivity index (χ3n) is 6.49. The van der Waals surface area contributed by atoms with Gasteiger partial charge in [-0.15, -0.1) is 0 Å². The molecule has 0 aliphatic heterocycles. The molecule has 4 rings (SSSR count). The summed E-state index contributed by atoms with van der Waals surface area (Å²) in [5.74, 6) is 4.52. The maximum atomic E-state index is 2.88. The van der Waals surface area contributed by atoms with Gasteiger partial charge in [0.2, 0.25) is 0 Å². The highest BCUT2D eigenvalue weighted by atomic mass is 127. The molecule has 0 aromatic heterocycles. The smallest absolute Gasteiger partial charge is 0.0343 e. The average molecular weight is 302 g/mol. The lowest BCUT2D eigenvalue weighted by Gasteiger charge is -2.77. The lowest BCUT2D eigenvalue weighted by Crippen LogP contribution is -2.78. The Hall–Kier alpha value is 0.730. The van der Waals surface area contributed by atoms with E-state index in [0.717, 1.165) is 32.5 Å². The first-order valence-corrected chi connectivity index (χ1v) is 7.47. The highest BCUT2D eigenvalue weighted by Gasteiger charge is 2.83. The van der Waals surface area contributed by atoms with E-state index in [9.17, 15) is 0 Å². The van der Waals surface area contributed by atoms with Gasteiger partial charge < -0.3 is 0 Å². The van der Waals surface area contributed by atoms with Crippen molar-refractivity contribution in [2.24, 2.45) is 29.1 Å². The highest BCUT2D eigenvalue weighted by Crippen LogP contribution is 2.86. The van der Waals surface area contributed by atoms with Gasteiger partial charge in [0.05, 0.1) is 0 Å². The van der Waals surface area contributed by atoms with Crippen LogP contribution in [0.4, 0.5) is 0 Å². The largest absolute Gasteiger partial charge is 0.0776 e. The maximum absolute atomic E-state index is 2.88. The van der Waals surface area contributed by atoms with Crippen LogP contribution in [0.15, 0.2) is 0 Å². The molecular weight excluding hydrogens is 283 g/mol. The van der Waals surface area contributed by atoms with Gasteiger partial charge in [0.25, 0.3) is 0 Å². The third-order valence-corrected chi connectivity index (χ3v) is 9.25. The third kappa shape index (κ3) is 0.607. The maximum Gasteiger partial charge on any atom is 0.0343 e. The van der Waals surface area contributed by atoms with Gasteiger partial charge in [-0.1, -0.05) is 42.4 Å². The fraction of sp³-hybridized carbons (Fsp3) is 1.00. The van der Waals surface area contributed by atoms with Crippen molar-refractivity contribution < 1.29 is 0 Å². The molecular formula is C13H19I. The second-order valence-electron chi connectivity index (χ2n) is 6.34. The molecule has 4 fully saturated rings. The first-order valence-electron chi connectivity index (χ1n) is 6.39. The first kappa shape index (κ1) is 8.83. The van der Waals surface area contributed by atoms with Gasteiger partial charge in [0.1, 0.15) is 0 Å². The van der Waals surface area contributed by atoms with E-state index in [-0.39, 0.29) is 0 Å². The van der Waals surface area contributed by atoms with Crippen LogP contribution in [-0.4, -0.2) is 3.42 Å². The molecule has 14 heavy (non-hydrogen) atoms. The molecule has 0 saturated heterocycles. The van der Waals surface area contributed by atoms with E-state index in [1.807, 2.05) is 0 Å². The van der Waals surface area contributed by atoms with Crippen LogP contribution in [0, 0.1) is 29.1 Å². The minimum atomic E-state index is 0.782. The molecule has 78 valence electrons. The van der Waals surface area contributed by atoms with Crippen molar-refractivity contribution in [3.05, 3.63) is 0 Å². The summed E-state index contributed by atoms with van der Waals surface area (Å²) in [6.07, 6.45) is 9.35. The van der Waals surface area contributed by atoms with Gasteiger partial charge in [-0.2, -0.15) is 0 Å². The molecule has 4 atom stereocenters. The van der Waals surface area contributed by atoms with Crippen LogP contribution in [0.25, 0.3) is 0 Å². The molecule has 0 spiro atoms. The Labute approximate surface area is 100 Å². The van der Waals surface area contributed by atoms with Crippen molar-refractivity contribution in [1.29, 1.82) is 0 Å². The van der Waals surface area contributed by atoms with Crippen molar-refractivity contribution in [1.82, 2.24) is 0 Å². The monoisotopic (exact) mass is 302 g/mol. The Morgan fingerprint density at radius 1 is 0.857 bits per heavy atom. The Kier molecular flexibility index (Phi) is 1.49. The Morgan fingerprint density at radius 3 is 1.86 bits per heavy atom. The number of fused-ring (bicyclic) bond motifs is 2. The standard InChI is InChI=1S/C13H19I/c1-12-8-4-2-3-5-9(12)11-7-6-10(8)13(11,12)14/h8-11H,2-7H2,1H3. The van der Waals surface area contributed by atoms with Gasteiger partial charge >= 0.3 is 0 Å². The molecule has 0 radical (unpaired) electrons. The molecule has 0 nitrogen and oxygen atoms in total. The highest BCUT2D eigenvalue weighted by molar-refractivity contribution is 14.1. The van der Waals surface area contributed by atoms with Gasteiger partial charge in [-0.25, -0.2) is 0 Å². The summed E-state index contributed by atoms with van der Waals surface area (Å²) < 4.78 is 0.782. The van der Waals surface area contributed by atoms with Crippen molar-refractivity contribution in [3.8, 4) is 0 Å². The number of rotatable bonds is 0. The van der Waals surface area contributed by atoms with Gasteiger partial charge in [0.15, 0.2) is 0 Å². The normalized spacial score (nSPS) is 69.0. The van der Waals surface area contributed by atoms with E-state index in [0.29, 0.717) is 0 Å². The van der Waals surface area contributed by atoms with Crippen molar-refractivity contribution in [3.63, 3.8) is 0 Å². The van der Waals surface area contributed by atoms with Crippen LogP contribution < -0.4 is 0 Å². The molecule has 4 unspecified atom stereocenters. The summed E-state index contributed by atoms with van der Waals surface area (Å²) in [7, 11) is 0. The van der Waals surface area contributed by atoms with E-state index in [2.05, 4.69) is 29.5 Å². The first-order chi connectivity index (χ1) is 6.70. The molecule has 0 amide bonds. The second-order valence-corrected chi connectivity index (χ2v) is 8.12. The van der Waals surface area contributed by atoms with Crippen LogP contribution in [0.1, 0.15) is 45.4 Å². The number of hydrogen-bond donors (Lipinski definition) is 0. The molecule has 4 aliphatic rings. The summed E-state index contributed by atoms with van der Waals surface area (Å²) in [4.78, 5) is 0. The van der Waals surface area contributed by atoms with E-state index >= 15 is 0 Å². The minimum absolute atomic E-state index is 0.782. The van der Waals surface area contributed by atoms with Crippen molar-refractivity contribution in [2.75, 3.05) is 0 Å². The average Bonchev–Trinajstić information content (AvgIpc) is 2.32. The number of alkyl halides is 1. The molecule has 0 aromatic rings. The molecule has 4 saturated carbocycles. The second kappa shape index (κ2) is 2.36. The topological polar surface area (TPSA) is 0 Å². The Bertz CT molecular complexity index is 274. The fourth-order valence-electron chi connectivity index (χ4n) is 6.06. The minimum Gasteiger partial charge on any atom is -0.0776 e. The van der Waals surface area contributed by atoms with E-state index in [1.165, 1.54) is 12.8 Å². The predicted molar refractivity (Wildman–Crippen MR) is 66.5 cm³/mol. The van der Waals surface area contributed by atoms with E-state index in [1.54, 1.807) is 25.7 Å². The molecule has 4 aliphatic carbocycles.